The topological polar surface area (TPSA) is 349 Å². The number of aliphatic carboxylic acids is 2. The first-order valence-electron chi connectivity index (χ1n) is 22.9. The third-order valence-corrected chi connectivity index (χ3v) is 9.30. The molecule has 6 amide bonds. The van der Waals surface area contributed by atoms with E-state index in [1.54, 1.807) is 27.7 Å². The number of ether oxygens (including phenoxy) is 8. The van der Waals surface area contributed by atoms with Gasteiger partial charge in [0.05, 0.1) is 112 Å². The lowest BCUT2D eigenvalue weighted by molar-refractivity contribution is -0.142. The highest BCUT2D eigenvalue weighted by atomic mass is 16.6. The summed E-state index contributed by atoms with van der Waals surface area (Å²) in [5, 5.41) is 33.3. The Morgan fingerprint density at radius 1 is 0.397 bits per heavy atom. The molecule has 68 heavy (non-hydrogen) atoms. The predicted octanol–water partition coefficient (Wildman–Crippen LogP) is -2.30. The minimum Gasteiger partial charge on any atom is -0.480 e. The van der Waals surface area contributed by atoms with Crippen LogP contribution in [0.2, 0.25) is 0 Å². The van der Waals surface area contributed by atoms with E-state index in [9.17, 15) is 38.4 Å². The van der Waals surface area contributed by atoms with E-state index in [-0.39, 0.29) is 109 Å². The molecule has 0 rings (SSSR count). The summed E-state index contributed by atoms with van der Waals surface area (Å²) in [7, 11) is 0. The zero-order chi connectivity index (χ0) is 51.1. The maximum absolute atomic E-state index is 12.3. The monoisotopic (exact) mass is 982 g/mol. The number of carboxylic acid groups (broad SMARTS) is 2. The fourth-order valence-electron chi connectivity index (χ4n) is 5.29. The van der Waals surface area contributed by atoms with Crippen LogP contribution >= 0.6 is 0 Å². The van der Waals surface area contributed by atoms with Gasteiger partial charge in [0.1, 0.15) is 24.2 Å². The summed E-state index contributed by atoms with van der Waals surface area (Å²) >= 11 is 0. The highest BCUT2D eigenvalue weighted by Crippen LogP contribution is 2.05. The molecule has 25 heteroatoms. The van der Waals surface area contributed by atoms with Crippen LogP contribution in [0.1, 0.15) is 67.2 Å². The van der Waals surface area contributed by atoms with E-state index >= 15 is 0 Å². The van der Waals surface area contributed by atoms with Gasteiger partial charge in [0.25, 0.3) is 0 Å². The van der Waals surface area contributed by atoms with Gasteiger partial charge in [-0.25, -0.2) is 0 Å². The standard InChI is InChI=1S/C43H79N7O18/c1-29(2)37(40(55)47-31(5)42(57)58)49-35(52)9-13-61-17-21-65-25-27-67-23-19-63-15-11-45-34(51)8-7-33(44)39(54)46-12-16-64-20-24-68-28-26-66-22-18-62-14-10-36(53)50-38(30(3)4)41(56)48-32(6)43(59)60/h29-33,37-38H,7-28,44H2,1-6H3,(H,45,51)(H,46,54)(H,47,55)(H,48,56)(H,49,52)(H,50,53)(H,57,58)(H,59,60)/t31-,32-,33-,37-,38-/m0/s1. The molecule has 5 atom stereocenters. The van der Waals surface area contributed by atoms with Crippen molar-refractivity contribution in [2.75, 3.05) is 119 Å². The summed E-state index contributed by atoms with van der Waals surface area (Å²) in [5.74, 6) is -5.43. The molecule has 0 aliphatic heterocycles. The summed E-state index contributed by atoms with van der Waals surface area (Å²) in [5.41, 5.74) is 5.92. The number of hydrogen-bond donors (Lipinski definition) is 9. The van der Waals surface area contributed by atoms with Gasteiger partial charge in [0.2, 0.25) is 35.4 Å². The fraction of sp³-hybridized carbons (Fsp3) is 0.814. The smallest absolute Gasteiger partial charge is 0.325 e. The van der Waals surface area contributed by atoms with Gasteiger partial charge in [-0.3, -0.25) is 38.4 Å². The van der Waals surface area contributed by atoms with Crippen molar-refractivity contribution in [3.05, 3.63) is 0 Å². The molecule has 0 heterocycles. The number of nitrogens with one attached hydrogen (secondary N) is 6. The molecule has 0 unspecified atom stereocenters. The van der Waals surface area contributed by atoms with Crippen molar-refractivity contribution in [3.63, 3.8) is 0 Å². The minimum absolute atomic E-state index is 0.0195. The molecule has 0 aliphatic carbocycles. The van der Waals surface area contributed by atoms with Gasteiger partial charge >= 0.3 is 11.9 Å². The van der Waals surface area contributed by atoms with E-state index in [0.717, 1.165) is 0 Å². The number of carbonyl (C=O) groups is 8. The van der Waals surface area contributed by atoms with Crippen LogP contribution in [-0.4, -0.2) is 207 Å². The molecular weight excluding hydrogens is 903 g/mol. The van der Waals surface area contributed by atoms with E-state index in [1.165, 1.54) is 13.8 Å². The Labute approximate surface area is 398 Å². The first-order chi connectivity index (χ1) is 32.4. The van der Waals surface area contributed by atoms with Crippen LogP contribution in [0, 0.1) is 11.8 Å². The molecule has 0 spiro atoms. The highest BCUT2D eigenvalue weighted by Gasteiger charge is 2.28. The molecule has 0 bridgehead atoms. The van der Waals surface area contributed by atoms with Gasteiger partial charge in [-0.05, 0) is 32.1 Å². The molecular formula is C43H79N7O18. The van der Waals surface area contributed by atoms with Crippen molar-refractivity contribution in [1.29, 1.82) is 0 Å². The van der Waals surface area contributed by atoms with Crippen molar-refractivity contribution in [3.8, 4) is 0 Å². The van der Waals surface area contributed by atoms with Crippen molar-refractivity contribution in [2.24, 2.45) is 17.6 Å². The molecule has 0 saturated carbocycles. The average molecular weight is 982 g/mol. The number of carboxylic acids is 2. The Bertz CT molecular complexity index is 1460. The number of rotatable bonds is 44. The highest BCUT2D eigenvalue weighted by molar-refractivity contribution is 5.91. The van der Waals surface area contributed by atoms with E-state index in [0.29, 0.717) is 52.9 Å². The molecule has 0 aromatic rings. The summed E-state index contributed by atoms with van der Waals surface area (Å²) in [4.78, 5) is 95.5. The molecule has 10 N–H and O–H groups in total. The molecule has 0 aliphatic rings. The second-order valence-corrected chi connectivity index (χ2v) is 15.9. The largest absolute Gasteiger partial charge is 0.480 e. The SMILES string of the molecule is CC(C)[C@H](NC(=O)CCOCCOCCOCCOCCNC(=O)CC[C@H](N)C(=O)NCCOCCOCCOCCOCCC(=O)N[C@H](C(=O)N[C@@H](C)C(=O)O)C(C)C)C(=O)N[C@@H](C)C(=O)O. The summed E-state index contributed by atoms with van der Waals surface area (Å²) in [6.45, 7) is 14.5. The second-order valence-electron chi connectivity index (χ2n) is 15.9. The van der Waals surface area contributed by atoms with Gasteiger partial charge in [0, 0.05) is 32.4 Å². The van der Waals surface area contributed by atoms with Gasteiger partial charge in [0.15, 0.2) is 0 Å². The average Bonchev–Trinajstić information content (AvgIpc) is 3.28. The summed E-state index contributed by atoms with van der Waals surface area (Å²) in [6, 6.07) is -4.76. The van der Waals surface area contributed by atoms with Crippen molar-refractivity contribution in [2.45, 2.75) is 97.4 Å². The molecule has 25 nitrogen and oxygen atoms in total. The maximum atomic E-state index is 12.3. The molecule has 0 saturated heterocycles. The third kappa shape index (κ3) is 34.7. The van der Waals surface area contributed by atoms with Crippen LogP contribution in [0.3, 0.4) is 0 Å². The summed E-state index contributed by atoms with van der Waals surface area (Å²) < 4.78 is 43.4. The molecule has 0 radical (unpaired) electrons. The van der Waals surface area contributed by atoms with Crippen LogP contribution in [-0.2, 0) is 76.3 Å². The summed E-state index contributed by atoms with van der Waals surface area (Å²) in [6.07, 6.45) is 0.269. The molecule has 0 aromatic carbocycles. The van der Waals surface area contributed by atoms with Gasteiger partial charge in [-0.1, -0.05) is 27.7 Å². The first-order valence-corrected chi connectivity index (χ1v) is 22.9. The van der Waals surface area contributed by atoms with E-state index in [4.69, 9.17) is 53.8 Å². The minimum atomic E-state index is -1.17. The van der Waals surface area contributed by atoms with Crippen LogP contribution in [0.15, 0.2) is 0 Å². The lowest BCUT2D eigenvalue weighted by Gasteiger charge is -2.23. The maximum Gasteiger partial charge on any atom is 0.325 e. The number of carbonyl (C=O) groups excluding carboxylic acids is 6. The normalized spacial score (nSPS) is 13.5. The van der Waals surface area contributed by atoms with Crippen LogP contribution < -0.4 is 37.6 Å². The van der Waals surface area contributed by atoms with Crippen molar-refractivity contribution in [1.82, 2.24) is 31.9 Å². The van der Waals surface area contributed by atoms with Crippen LogP contribution in [0.25, 0.3) is 0 Å². The van der Waals surface area contributed by atoms with Crippen LogP contribution in [0.5, 0.6) is 0 Å². The second kappa shape index (κ2) is 40.3. The number of amides is 6. The van der Waals surface area contributed by atoms with Gasteiger partial charge in [-0.15, -0.1) is 0 Å². The Balaban J connectivity index is 3.67. The Morgan fingerprint density at radius 2 is 0.706 bits per heavy atom. The quantitative estimate of drug-likeness (QED) is 0.0290. The third-order valence-electron chi connectivity index (χ3n) is 9.30. The van der Waals surface area contributed by atoms with Crippen molar-refractivity contribution >= 4 is 47.4 Å². The molecule has 0 fully saturated rings. The van der Waals surface area contributed by atoms with Gasteiger partial charge in [-0.2, -0.15) is 0 Å². The van der Waals surface area contributed by atoms with Crippen LogP contribution in [0.4, 0.5) is 0 Å². The Kier molecular flexibility index (Phi) is 37.6. The number of nitrogens with two attached hydrogens (primary N) is 1. The van der Waals surface area contributed by atoms with Crippen molar-refractivity contribution < 1.29 is 86.5 Å². The lowest BCUT2D eigenvalue weighted by Crippen LogP contribution is -2.53. The fourth-order valence-corrected chi connectivity index (χ4v) is 5.29. The first kappa shape index (κ1) is 63.4. The predicted molar refractivity (Wildman–Crippen MR) is 243 cm³/mol. The van der Waals surface area contributed by atoms with E-state index in [1.807, 2.05) is 0 Å². The molecule has 0 aromatic heterocycles. The zero-order valence-corrected chi connectivity index (χ0v) is 40.6. The number of hydrogen-bond acceptors (Lipinski definition) is 17. The Morgan fingerprint density at radius 3 is 1.03 bits per heavy atom. The lowest BCUT2D eigenvalue weighted by atomic mass is 10.0. The molecule has 394 valence electrons. The Hall–Kier alpha value is -4.60. The zero-order valence-electron chi connectivity index (χ0n) is 40.6. The van der Waals surface area contributed by atoms with E-state index in [2.05, 4.69) is 31.9 Å². The van der Waals surface area contributed by atoms with E-state index < -0.39 is 71.7 Å². The van der Waals surface area contributed by atoms with Gasteiger partial charge < -0.3 is 85.7 Å².